The Balaban J connectivity index is 1.71. The van der Waals surface area contributed by atoms with Crippen molar-refractivity contribution in [2.75, 3.05) is 0 Å². The van der Waals surface area contributed by atoms with Gasteiger partial charge in [-0.3, -0.25) is 0 Å². The van der Waals surface area contributed by atoms with E-state index in [0.717, 1.165) is 11.3 Å². The molecule has 0 radical (unpaired) electrons. The first-order chi connectivity index (χ1) is 11.3. The van der Waals surface area contributed by atoms with Crippen molar-refractivity contribution in [3.05, 3.63) is 76.9 Å². The van der Waals surface area contributed by atoms with Gasteiger partial charge < -0.3 is 5.41 Å². The third kappa shape index (κ3) is 2.65. The van der Waals surface area contributed by atoms with E-state index < -0.39 is 0 Å². The molecule has 1 heteroatoms. The Labute approximate surface area is 138 Å². The Morgan fingerprint density at radius 1 is 0.826 bits per heavy atom. The summed E-state index contributed by atoms with van der Waals surface area (Å²) in [6.45, 7) is 0. The molecule has 2 aliphatic carbocycles. The van der Waals surface area contributed by atoms with Crippen LogP contribution in [-0.4, -0.2) is 5.71 Å². The lowest BCUT2D eigenvalue weighted by Crippen LogP contribution is -2.20. The predicted molar refractivity (Wildman–Crippen MR) is 97.2 cm³/mol. The van der Waals surface area contributed by atoms with Crippen LogP contribution in [0.2, 0.25) is 0 Å². The first kappa shape index (κ1) is 14.4. The molecule has 4 rings (SSSR count). The second kappa shape index (κ2) is 6.16. The molecule has 0 saturated heterocycles. The molecule has 0 heterocycles. The van der Waals surface area contributed by atoms with E-state index >= 15 is 0 Å². The molecule has 1 saturated carbocycles. The molecule has 0 aromatic heterocycles. The van der Waals surface area contributed by atoms with Gasteiger partial charge in [-0.25, -0.2) is 0 Å². The molecule has 2 aromatic rings. The summed E-state index contributed by atoms with van der Waals surface area (Å²) >= 11 is 0. The van der Waals surface area contributed by atoms with E-state index in [1.165, 1.54) is 48.8 Å². The second-order valence-electron chi connectivity index (χ2n) is 6.80. The highest BCUT2D eigenvalue weighted by atomic mass is 14.5. The van der Waals surface area contributed by atoms with Crippen LogP contribution < -0.4 is 0 Å². The molecule has 1 atom stereocenters. The highest BCUT2D eigenvalue weighted by molar-refractivity contribution is 6.01. The van der Waals surface area contributed by atoms with E-state index in [2.05, 4.69) is 60.7 Å². The summed E-state index contributed by atoms with van der Waals surface area (Å²) in [7, 11) is 0. The van der Waals surface area contributed by atoms with E-state index in [9.17, 15) is 0 Å². The summed E-state index contributed by atoms with van der Waals surface area (Å²) in [5, 5.41) is 8.79. The molecule has 1 fully saturated rings. The highest BCUT2D eigenvalue weighted by Gasteiger charge is 2.25. The SMILES string of the molecule is N=C(c1ccccc1C1C=Cc2ccccc21)C1CCCCC1. The number of nitrogens with one attached hydrogen (secondary N) is 1. The van der Waals surface area contributed by atoms with Gasteiger partial charge in [-0.05, 0) is 35.1 Å². The van der Waals surface area contributed by atoms with Gasteiger partial charge in [-0.2, -0.15) is 0 Å². The Kier molecular flexibility index (Phi) is 3.87. The molecule has 1 nitrogen and oxygen atoms in total. The van der Waals surface area contributed by atoms with Crippen molar-refractivity contribution in [3.8, 4) is 0 Å². The van der Waals surface area contributed by atoms with Gasteiger partial charge in [0.2, 0.25) is 0 Å². The van der Waals surface area contributed by atoms with Crippen molar-refractivity contribution in [3.63, 3.8) is 0 Å². The molecule has 23 heavy (non-hydrogen) atoms. The predicted octanol–water partition coefficient (Wildman–Crippen LogP) is 5.79. The molecule has 2 aliphatic rings. The smallest absolute Gasteiger partial charge is 0.0420 e. The number of allylic oxidation sites excluding steroid dienone is 1. The first-order valence-corrected chi connectivity index (χ1v) is 8.79. The number of hydrogen-bond donors (Lipinski definition) is 1. The van der Waals surface area contributed by atoms with Crippen molar-refractivity contribution in [1.29, 1.82) is 5.41 Å². The van der Waals surface area contributed by atoms with Crippen molar-refractivity contribution < 1.29 is 0 Å². The fourth-order valence-corrected chi connectivity index (χ4v) is 4.15. The Morgan fingerprint density at radius 2 is 1.52 bits per heavy atom. The summed E-state index contributed by atoms with van der Waals surface area (Å²) in [5.74, 6) is 0.747. The molecule has 1 N–H and O–H groups in total. The maximum Gasteiger partial charge on any atom is 0.0420 e. The standard InChI is InChI=1S/C22H23N/c23-22(17-9-2-1-3-10-17)21-13-7-6-12-19(21)20-15-14-16-8-4-5-11-18(16)20/h4-8,11-15,17,20,23H,1-3,9-10H2. The van der Waals surface area contributed by atoms with E-state index in [4.69, 9.17) is 5.41 Å². The molecule has 0 bridgehead atoms. The number of fused-ring (bicyclic) bond motifs is 1. The average molecular weight is 301 g/mol. The monoisotopic (exact) mass is 301 g/mol. The van der Waals surface area contributed by atoms with Gasteiger partial charge in [0.25, 0.3) is 0 Å². The Bertz CT molecular complexity index is 750. The molecule has 0 spiro atoms. The zero-order valence-electron chi connectivity index (χ0n) is 13.5. The minimum Gasteiger partial charge on any atom is -0.304 e. The lowest BCUT2D eigenvalue weighted by atomic mass is 9.80. The number of hydrogen-bond acceptors (Lipinski definition) is 1. The van der Waals surface area contributed by atoms with E-state index in [1.54, 1.807) is 0 Å². The second-order valence-corrected chi connectivity index (χ2v) is 6.80. The van der Waals surface area contributed by atoms with Crippen LogP contribution in [0.3, 0.4) is 0 Å². The molecule has 116 valence electrons. The minimum atomic E-state index is 0.298. The third-order valence-electron chi connectivity index (χ3n) is 5.40. The normalized spacial score (nSPS) is 20.4. The summed E-state index contributed by atoms with van der Waals surface area (Å²) in [6.07, 6.45) is 10.8. The molecular weight excluding hydrogens is 278 g/mol. The molecule has 0 amide bonds. The molecular formula is C22H23N. The lowest BCUT2D eigenvalue weighted by Gasteiger charge is -2.25. The van der Waals surface area contributed by atoms with E-state index in [1.807, 2.05) is 0 Å². The average Bonchev–Trinajstić information content (AvgIpc) is 3.06. The topological polar surface area (TPSA) is 23.9 Å². The maximum atomic E-state index is 8.79. The Morgan fingerprint density at radius 3 is 2.35 bits per heavy atom. The van der Waals surface area contributed by atoms with Crippen LogP contribution in [0.25, 0.3) is 6.08 Å². The van der Waals surface area contributed by atoms with Gasteiger partial charge >= 0.3 is 0 Å². The van der Waals surface area contributed by atoms with Crippen LogP contribution in [0.4, 0.5) is 0 Å². The van der Waals surface area contributed by atoms with Gasteiger partial charge in [0.1, 0.15) is 0 Å². The maximum absolute atomic E-state index is 8.79. The quantitative estimate of drug-likeness (QED) is 0.693. The molecule has 0 aliphatic heterocycles. The van der Waals surface area contributed by atoms with Crippen molar-refractivity contribution in [2.24, 2.45) is 5.92 Å². The van der Waals surface area contributed by atoms with Crippen LogP contribution in [-0.2, 0) is 0 Å². The summed E-state index contributed by atoms with van der Waals surface area (Å²) in [6, 6.07) is 17.2. The fourth-order valence-electron chi connectivity index (χ4n) is 4.15. The van der Waals surface area contributed by atoms with Crippen molar-refractivity contribution in [1.82, 2.24) is 0 Å². The van der Waals surface area contributed by atoms with Gasteiger partial charge in [-0.15, -0.1) is 0 Å². The van der Waals surface area contributed by atoms with Gasteiger partial charge in [0.15, 0.2) is 0 Å². The van der Waals surface area contributed by atoms with E-state index in [-0.39, 0.29) is 0 Å². The summed E-state index contributed by atoms with van der Waals surface area (Å²) in [5.41, 5.74) is 6.00. The van der Waals surface area contributed by atoms with Gasteiger partial charge in [0.05, 0.1) is 0 Å². The lowest BCUT2D eigenvalue weighted by molar-refractivity contribution is 0.438. The summed E-state index contributed by atoms with van der Waals surface area (Å²) in [4.78, 5) is 0. The van der Waals surface area contributed by atoms with Gasteiger partial charge in [0, 0.05) is 17.5 Å². The number of benzene rings is 2. The van der Waals surface area contributed by atoms with Crippen LogP contribution in [0, 0.1) is 11.3 Å². The van der Waals surface area contributed by atoms with Crippen LogP contribution in [0.1, 0.15) is 60.3 Å². The number of rotatable bonds is 3. The summed E-state index contributed by atoms with van der Waals surface area (Å²) < 4.78 is 0. The fraction of sp³-hybridized carbons (Fsp3) is 0.318. The van der Waals surface area contributed by atoms with Crippen LogP contribution in [0.5, 0.6) is 0 Å². The van der Waals surface area contributed by atoms with Crippen LogP contribution >= 0.6 is 0 Å². The van der Waals surface area contributed by atoms with Crippen molar-refractivity contribution >= 4 is 11.8 Å². The van der Waals surface area contributed by atoms with Crippen LogP contribution in [0.15, 0.2) is 54.6 Å². The largest absolute Gasteiger partial charge is 0.304 e. The van der Waals surface area contributed by atoms with Gasteiger partial charge in [-0.1, -0.05) is 79.9 Å². The Hall–Kier alpha value is -2.15. The minimum absolute atomic E-state index is 0.298. The first-order valence-electron chi connectivity index (χ1n) is 8.79. The molecule has 2 aromatic carbocycles. The zero-order valence-corrected chi connectivity index (χ0v) is 13.5. The molecule has 1 unspecified atom stereocenters. The van der Waals surface area contributed by atoms with E-state index in [0.29, 0.717) is 11.8 Å². The third-order valence-corrected chi connectivity index (χ3v) is 5.40. The van der Waals surface area contributed by atoms with Crippen molar-refractivity contribution in [2.45, 2.75) is 38.0 Å². The highest BCUT2D eigenvalue weighted by Crippen LogP contribution is 2.38. The zero-order chi connectivity index (χ0) is 15.6.